The second-order valence-electron chi connectivity index (χ2n) is 7.05. The molecule has 1 saturated heterocycles. The molecule has 0 unspecified atom stereocenters. The van der Waals surface area contributed by atoms with Gasteiger partial charge in [0.2, 0.25) is 10.0 Å². The molecule has 1 aliphatic heterocycles. The maximum atomic E-state index is 13.4. The Labute approximate surface area is 183 Å². The minimum Gasteiger partial charge on any atom is -0.393 e. The summed E-state index contributed by atoms with van der Waals surface area (Å²) in [7, 11) is -3.81. The van der Waals surface area contributed by atoms with E-state index in [2.05, 4.69) is 9.97 Å². The van der Waals surface area contributed by atoms with Gasteiger partial charge < -0.3 is 10.1 Å². The number of rotatable bonds is 4. The summed E-state index contributed by atoms with van der Waals surface area (Å²) in [6, 6.07) is 8.97. The number of aromatic amines is 1. The van der Waals surface area contributed by atoms with Gasteiger partial charge >= 0.3 is 0 Å². The predicted octanol–water partition coefficient (Wildman–Crippen LogP) is 4.34. The van der Waals surface area contributed by atoms with Crippen molar-refractivity contribution < 1.29 is 17.9 Å². The van der Waals surface area contributed by atoms with Crippen LogP contribution in [-0.4, -0.2) is 47.0 Å². The topological polar surface area (TPSA) is 86.3 Å². The summed E-state index contributed by atoms with van der Waals surface area (Å²) in [5.41, 5.74) is 1.79. The van der Waals surface area contributed by atoms with Gasteiger partial charge in [-0.25, -0.2) is 17.8 Å². The van der Waals surface area contributed by atoms with Crippen molar-refractivity contribution in [3.8, 4) is 22.6 Å². The Morgan fingerprint density at radius 1 is 1.07 bits per heavy atom. The van der Waals surface area contributed by atoms with Gasteiger partial charge in [-0.3, -0.25) is 0 Å². The van der Waals surface area contributed by atoms with Crippen molar-refractivity contribution in [2.24, 2.45) is 0 Å². The lowest BCUT2D eigenvalue weighted by Gasteiger charge is -2.29. The Morgan fingerprint density at radius 3 is 2.47 bits per heavy atom. The molecule has 2 heterocycles. The van der Waals surface area contributed by atoms with Crippen molar-refractivity contribution in [3.05, 3.63) is 58.5 Å². The summed E-state index contributed by atoms with van der Waals surface area (Å²) < 4.78 is 40.9. The second kappa shape index (κ2) is 8.28. The second-order valence-corrected chi connectivity index (χ2v) is 9.78. The summed E-state index contributed by atoms with van der Waals surface area (Å²) >= 11 is 12.1. The molecule has 1 aliphatic rings. The fourth-order valence-electron chi connectivity index (χ4n) is 3.35. The van der Waals surface area contributed by atoms with Crippen LogP contribution in [0.4, 0.5) is 4.39 Å². The number of hydrogen-bond donors (Lipinski definition) is 2. The first kappa shape index (κ1) is 21.3. The van der Waals surface area contributed by atoms with Crippen molar-refractivity contribution >= 4 is 33.2 Å². The molecule has 1 aromatic heterocycles. The molecule has 1 fully saturated rings. The number of H-pyrrole nitrogens is 1. The first-order valence-electron chi connectivity index (χ1n) is 9.24. The van der Waals surface area contributed by atoms with E-state index in [1.54, 1.807) is 18.3 Å². The number of nitrogens with zero attached hydrogens (tertiary/aromatic N) is 2. The van der Waals surface area contributed by atoms with Crippen molar-refractivity contribution in [1.82, 2.24) is 14.3 Å². The number of imidazole rings is 1. The number of sulfonamides is 1. The third-order valence-electron chi connectivity index (χ3n) is 5.05. The molecule has 0 bridgehead atoms. The summed E-state index contributed by atoms with van der Waals surface area (Å²) in [5, 5.41) is 9.76. The van der Waals surface area contributed by atoms with Gasteiger partial charge in [0.15, 0.2) is 0 Å². The van der Waals surface area contributed by atoms with Gasteiger partial charge in [-0.15, -0.1) is 0 Å². The molecule has 158 valence electrons. The average Bonchev–Trinajstić information content (AvgIpc) is 3.21. The normalized spacial score (nSPS) is 16.1. The van der Waals surface area contributed by atoms with Crippen LogP contribution in [0.2, 0.25) is 10.0 Å². The van der Waals surface area contributed by atoms with Crippen molar-refractivity contribution in [3.63, 3.8) is 0 Å². The largest absolute Gasteiger partial charge is 0.393 e. The third-order valence-corrected chi connectivity index (χ3v) is 7.72. The van der Waals surface area contributed by atoms with Crippen LogP contribution in [0.3, 0.4) is 0 Å². The Kier molecular flexibility index (Phi) is 5.87. The molecule has 30 heavy (non-hydrogen) atoms. The lowest BCUT2D eigenvalue weighted by molar-refractivity contribution is 0.113. The molecule has 3 aromatic rings. The molecule has 0 spiro atoms. The van der Waals surface area contributed by atoms with E-state index in [0.29, 0.717) is 35.5 Å². The molecule has 0 saturated carbocycles. The number of hydrogen-bond acceptors (Lipinski definition) is 4. The molecule has 6 nitrogen and oxygen atoms in total. The van der Waals surface area contributed by atoms with Gasteiger partial charge in [0.05, 0.1) is 28.0 Å². The molecule has 0 aliphatic carbocycles. The van der Waals surface area contributed by atoms with E-state index < -0.39 is 21.9 Å². The maximum Gasteiger partial charge on any atom is 0.244 e. The standard InChI is InChI=1S/C20H18Cl2FN3O3S/c21-15-3-1-13(10-19(15)30(28,29)26-7-5-14(27)6-8-26)20-24-11-18(25-20)12-2-4-17(23)16(22)9-12/h1-4,9-11,14,27H,5-8H2,(H,24,25). The molecule has 2 N–H and O–H groups in total. The van der Waals surface area contributed by atoms with Gasteiger partial charge in [0, 0.05) is 24.2 Å². The van der Waals surface area contributed by atoms with Crippen LogP contribution in [0.5, 0.6) is 0 Å². The summed E-state index contributed by atoms with van der Waals surface area (Å²) in [6.07, 6.45) is 1.85. The highest BCUT2D eigenvalue weighted by Crippen LogP contribution is 2.32. The van der Waals surface area contributed by atoms with E-state index in [-0.39, 0.29) is 28.0 Å². The van der Waals surface area contributed by atoms with Gasteiger partial charge in [-0.1, -0.05) is 23.2 Å². The van der Waals surface area contributed by atoms with Crippen LogP contribution >= 0.6 is 23.2 Å². The summed E-state index contributed by atoms with van der Waals surface area (Å²) in [4.78, 5) is 7.40. The number of aliphatic hydroxyl groups excluding tert-OH is 1. The highest BCUT2D eigenvalue weighted by atomic mass is 35.5. The van der Waals surface area contributed by atoms with Gasteiger partial charge in [-0.05, 0) is 49.2 Å². The zero-order valence-corrected chi connectivity index (χ0v) is 18.0. The molecular formula is C20H18Cl2FN3O3S. The van der Waals surface area contributed by atoms with E-state index in [4.69, 9.17) is 23.2 Å². The number of aromatic nitrogens is 2. The Bertz CT molecular complexity index is 1190. The Balaban J connectivity index is 1.67. The lowest BCUT2D eigenvalue weighted by Crippen LogP contribution is -2.40. The van der Waals surface area contributed by atoms with Crippen LogP contribution in [0, 0.1) is 5.82 Å². The first-order valence-corrected chi connectivity index (χ1v) is 11.4. The quantitative estimate of drug-likeness (QED) is 0.594. The van der Waals surface area contributed by atoms with Gasteiger partial charge in [0.25, 0.3) is 0 Å². The van der Waals surface area contributed by atoms with E-state index in [1.165, 1.54) is 28.6 Å². The van der Waals surface area contributed by atoms with Crippen molar-refractivity contribution in [2.45, 2.75) is 23.8 Å². The third kappa shape index (κ3) is 4.10. The number of aliphatic hydroxyl groups is 1. The van der Waals surface area contributed by atoms with Crippen LogP contribution in [0.1, 0.15) is 12.8 Å². The minimum atomic E-state index is -3.81. The van der Waals surface area contributed by atoms with Gasteiger partial charge in [-0.2, -0.15) is 4.31 Å². The molecule has 0 atom stereocenters. The zero-order valence-electron chi connectivity index (χ0n) is 15.6. The minimum absolute atomic E-state index is 0.00447. The van der Waals surface area contributed by atoms with Gasteiger partial charge in [0.1, 0.15) is 16.5 Å². The smallest absolute Gasteiger partial charge is 0.244 e. The average molecular weight is 470 g/mol. The molecule has 4 rings (SSSR count). The maximum absolute atomic E-state index is 13.4. The summed E-state index contributed by atoms with van der Waals surface area (Å²) in [5.74, 6) is -0.0782. The number of piperidine rings is 1. The summed E-state index contributed by atoms with van der Waals surface area (Å²) in [6.45, 7) is 0.473. The molecular weight excluding hydrogens is 452 g/mol. The monoisotopic (exact) mass is 469 g/mol. The Hall–Kier alpha value is -1.97. The fraction of sp³-hybridized carbons (Fsp3) is 0.250. The van der Waals surface area contributed by atoms with Crippen LogP contribution in [0.25, 0.3) is 22.6 Å². The molecule has 10 heteroatoms. The number of halogens is 3. The van der Waals surface area contributed by atoms with Crippen LogP contribution in [-0.2, 0) is 10.0 Å². The fourth-order valence-corrected chi connectivity index (χ4v) is 5.50. The van der Waals surface area contributed by atoms with Crippen LogP contribution in [0.15, 0.2) is 47.5 Å². The predicted molar refractivity (Wildman–Crippen MR) is 113 cm³/mol. The number of nitrogens with one attached hydrogen (secondary N) is 1. The van der Waals surface area contributed by atoms with Crippen molar-refractivity contribution in [2.75, 3.05) is 13.1 Å². The van der Waals surface area contributed by atoms with E-state index in [1.807, 2.05) is 0 Å². The Morgan fingerprint density at radius 2 is 1.77 bits per heavy atom. The van der Waals surface area contributed by atoms with E-state index in [0.717, 1.165) is 0 Å². The highest BCUT2D eigenvalue weighted by Gasteiger charge is 2.30. The number of benzene rings is 2. The first-order chi connectivity index (χ1) is 14.3. The van der Waals surface area contributed by atoms with Crippen molar-refractivity contribution in [1.29, 1.82) is 0 Å². The van der Waals surface area contributed by atoms with Crippen LogP contribution < -0.4 is 0 Å². The zero-order chi connectivity index (χ0) is 21.5. The molecule has 0 amide bonds. The molecule has 2 aromatic carbocycles. The van der Waals surface area contributed by atoms with E-state index >= 15 is 0 Å². The molecule has 0 radical (unpaired) electrons. The SMILES string of the molecule is O=S(=O)(c1cc(-c2ncc(-c3ccc(F)c(Cl)c3)[nH]2)ccc1Cl)N1CCC(O)CC1. The van der Waals surface area contributed by atoms with E-state index in [9.17, 15) is 17.9 Å². The highest BCUT2D eigenvalue weighted by molar-refractivity contribution is 7.89. The lowest BCUT2D eigenvalue weighted by atomic mass is 10.1.